The van der Waals surface area contributed by atoms with Crippen LogP contribution in [0.1, 0.15) is 97.8 Å². The smallest absolute Gasteiger partial charge is 0.309 e. The minimum atomic E-state index is -0.777. The van der Waals surface area contributed by atoms with Crippen molar-refractivity contribution in [1.82, 2.24) is 0 Å². The summed E-state index contributed by atoms with van der Waals surface area (Å²) in [6.07, 6.45) is 13.7. The number of aliphatic carboxylic acids is 2. The van der Waals surface area contributed by atoms with Crippen molar-refractivity contribution in [3.8, 4) is 0 Å². The molecule has 186 valence electrons. The van der Waals surface area contributed by atoms with E-state index in [2.05, 4.69) is 0 Å². The SMILES string of the molecule is CC(CCCCC1CCC(/C=C\C2CCC(CCCCC(C)(C)C(=O)O)C2=O)C1=O)C(=O)O. The van der Waals surface area contributed by atoms with E-state index in [4.69, 9.17) is 5.11 Å². The first-order valence-electron chi connectivity index (χ1n) is 12.7. The third-order valence-electron chi connectivity index (χ3n) is 7.81. The van der Waals surface area contributed by atoms with Crippen LogP contribution in [-0.4, -0.2) is 33.7 Å². The van der Waals surface area contributed by atoms with E-state index in [0.29, 0.717) is 12.8 Å². The molecule has 0 aromatic carbocycles. The maximum Gasteiger partial charge on any atom is 0.309 e. The minimum Gasteiger partial charge on any atom is -0.481 e. The van der Waals surface area contributed by atoms with Gasteiger partial charge < -0.3 is 10.2 Å². The van der Waals surface area contributed by atoms with Crippen LogP contribution in [0.15, 0.2) is 12.2 Å². The van der Waals surface area contributed by atoms with Gasteiger partial charge in [0.2, 0.25) is 0 Å². The highest BCUT2D eigenvalue weighted by Gasteiger charge is 2.35. The van der Waals surface area contributed by atoms with Gasteiger partial charge in [-0.25, -0.2) is 0 Å². The van der Waals surface area contributed by atoms with E-state index in [-0.39, 0.29) is 41.2 Å². The highest BCUT2D eigenvalue weighted by atomic mass is 16.4. The standard InChI is InChI=1S/C27H42O6/c1-18(25(30)31)8-4-5-9-19-11-13-21(23(19)28)15-16-22-14-12-20(24(22)29)10-6-7-17-27(2,3)26(32)33/h15-16,18-22H,4-14,17H2,1-3H3,(H,30,31)(H,32,33)/b16-15-. The molecular formula is C27H42O6. The number of Topliss-reactive ketones (excluding diaryl/α,β-unsaturated/α-hetero) is 2. The van der Waals surface area contributed by atoms with Crippen LogP contribution in [0, 0.1) is 35.0 Å². The Balaban J connectivity index is 1.70. The number of hydrogen-bond acceptors (Lipinski definition) is 4. The monoisotopic (exact) mass is 462 g/mol. The Bertz CT molecular complexity index is 737. The summed E-state index contributed by atoms with van der Waals surface area (Å²) in [5.74, 6) is -1.35. The summed E-state index contributed by atoms with van der Waals surface area (Å²) in [5, 5.41) is 18.1. The van der Waals surface area contributed by atoms with Gasteiger partial charge in [-0.05, 0) is 65.2 Å². The maximum atomic E-state index is 12.8. The molecule has 6 heteroatoms. The lowest BCUT2D eigenvalue weighted by molar-refractivity contribution is -0.147. The van der Waals surface area contributed by atoms with Gasteiger partial charge >= 0.3 is 11.9 Å². The van der Waals surface area contributed by atoms with Crippen LogP contribution in [0.5, 0.6) is 0 Å². The van der Waals surface area contributed by atoms with Crippen LogP contribution in [0.3, 0.4) is 0 Å². The van der Waals surface area contributed by atoms with E-state index < -0.39 is 17.4 Å². The predicted molar refractivity (Wildman–Crippen MR) is 127 cm³/mol. The fourth-order valence-corrected chi connectivity index (χ4v) is 5.19. The molecule has 2 fully saturated rings. The normalized spacial score (nSPS) is 26.9. The number of ketones is 2. The molecule has 2 saturated carbocycles. The molecule has 2 aliphatic carbocycles. The molecule has 0 aromatic rings. The van der Waals surface area contributed by atoms with E-state index in [1.807, 2.05) is 12.2 Å². The van der Waals surface area contributed by atoms with Gasteiger partial charge in [-0.15, -0.1) is 0 Å². The van der Waals surface area contributed by atoms with Gasteiger partial charge in [0, 0.05) is 23.7 Å². The molecule has 6 nitrogen and oxygen atoms in total. The second kappa shape index (κ2) is 12.5. The van der Waals surface area contributed by atoms with E-state index >= 15 is 0 Å². The summed E-state index contributed by atoms with van der Waals surface area (Å²) in [5.41, 5.74) is -0.715. The molecule has 5 unspecified atom stereocenters. The van der Waals surface area contributed by atoms with E-state index in [1.54, 1.807) is 20.8 Å². The van der Waals surface area contributed by atoms with Crippen LogP contribution >= 0.6 is 0 Å². The lowest BCUT2D eigenvalue weighted by Gasteiger charge is -2.19. The molecule has 2 rings (SSSR count). The number of unbranched alkanes of at least 4 members (excludes halogenated alkanes) is 2. The predicted octanol–water partition coefficient (Wildman–Crippen LogP) is 5.69. The molecule has 0 heterocycles. The van der Waals surface area contributed by atoms with Gasteiger partial charge in [0.1, 0.15) is 11.6 Å². The first-order chi connectivity index (χ1) is 15.5. The zero-order valence-electron chi connectivity index (χ0n) is 20.6. The van der Waals surface area contributed by atoms with Crippen LogP contribution in [0.25, 0.3) is 0 Å². The molecular weight excluding hydrogens is 420 g/mol. The second-order valence-corrected chi connectivity index (χ2v) is 10.9. The molecule has 5 atom stereocenters. The molecule has 0 saturated heterocycles. The highest BCUT2D eigenvalue weighted by Crippen LogP contribution is 2.36. The Morgan fingerprint density at radius 3 is 1.82 bits per heavy atom. The Labute approximate surface area is 198 Å². The number of carboxylic acids is 2. The van der Waals surface area contributed by atoms with Gasteiger partial charge in [-0.2, -0.15) is 0 Å². The maximum absolute atomic E-state index is 12.8. The third-order valence-corrected chi connectivity index (χ3v) is 7.81. The Kier molecular flexibility index (Phi) is 10.3. The highest BCUT2D eigenvalue weighted by molar-refractivity contribution is 5.88. The summed E-state index contributed by atoms with van der Waals surface area (Å²) in [6, 6.07) is 0. The first kappa shape index (κ1) is 27.3. The van der Waals surface area contributed by atoms with E-state index in [9.17, 15) is 24.3 Å². The minimum absolute atomic E-state index is 0.0628. The molecule has 0 aromatic heterocycles. The molecule has 2 N–H and O–H groups in total. The van der Waals surface area contributed by atoms with Crippen molar-refractivity contribution < 1.29 is 29.4 Å². The molecule has 0 bridgehead atoms. The second-order valence-electron chi connectivity index (χ2n) is 10.9. The van der Waals surface area contributed by atoms with Crippen molar-refractivity contribution in [3.05, 3.63) is 12.2 Å². The fourth-order valence-electron chi connectivity index (χ4n) is 5.19. The van der Waals surface area contributed by atoms with Crippen LogP contribution in [0.4, 0.5) is 0 Å². The summed E-state index contributed by atoms with van der Waals surface area (Å²) >= 11 is 0. The molecule has 0 aliphatic heterocycles. The topological polar surface area (TPSA) is 109 Å². The van der Waals surface area contributed by atoms with Crippen LogP contribution < -0.4 is 0 Å². The Morgan fingerprint density at radius 2 is 1.36 bits per heavy atom. The molecule has 0 spiro atoms. The molecule has 0 radical (unpaired) electrons. The van der Waals surface area contributed by atoms with Gasteiger partial charge in [0.15, 0.2) is 0 Å². The van der Waals surface area contributed by atoms with E-state index in [0.717, 1.165) is 64.2 Å². The van der Waals surface area contributed by atoms with Gasteiger partial charge in [-0.3, -0.25) is 19.2 Å². The fraction of sp³-hybridized carbons (Fsp3) is 0.778. The Hall–Kier alpha value is -1.98. The number of carboxylic acid groups (broad SMARTS) is 2. The quantitative estimate of drug-likeness (QED) is 0.254. The van der Waals surface area contributed by atoms with Crippen LogP contribution in [0.2, 0.25) is 0 Å². The van der Waals surface area contributed by atoms with Crippen molar-refractivity contribution in [1.29, 1.82) is 0 Å². The first-order valence-corrected chi connectivity index (χ1v) is 12.7. The summed E-state index contributed by atoms with van der Waals surface area (Å²) in [4.78, 5) is 47.6. The number of allylic oxidation sites excluding steroid dienone is 2. The summed E-state index contributed by atoms with van der Waals surface area (Å²) in [7, 11) is 0. The zero-order chi connectivity index (χ0) is 24.6. The summed E-state index contributed by atoms with van der Waals surface area (Å²) in [6.45, 7) is 5.20. The number of hydrogen-bond donors (Lipinski definition) is 2. The number of rotatable bonds is 14. The number of carbonyl (C=O) groups excluding carboxylic acids is 2. The third kappa shape index (κ3) is 8.08. The van der Waals surface area contributed by atoms with Gasteiger partial charge in [0.25, 0.3) is 0 Å². The molecule has 2 aliphatic rings. The summed E-state index contributed by atoms with van der Waals surface area (Å²) < 4.78 is 0. The lowest BCUT2D eigenvalue weighted by Crippen LogP contribution is -2.23. The average molecular weight is 463 g/mol. The van der Waals surface area contributed by atoms with Crippen molar-refractivity contribution in [2.45, 2.75) is 97.8 Å². The van der Waals surface area contributed by atoms with Crippen molar-refractivity contribution in [2.24, 2.45) is 35.0 Å². The van der Waals surface area contributed by atoms with Gasteiger partial charge in [-0.1, -0.05) is 44.8 Å². The Morgan fingerprint density at radius 1 is 0.879 bits per heavy atom. The van der Waals surface area contributed by atoms with Crippen molar-refractivity contribution in [3.63, 3.8) is 0 Å². The van der Waals surface area contributed by atoms with E-state index in [1.165, 1.54) is 0 Å². The van der Waals surface area contributed by atoms with Crippen molar-refractivity contribution in [2.75, 3.05) is 0 Å². The largest absolute Gasteiger partial charge is 0.481 e. The molecule has 0 amide bonds. The van der Waals surface area contributed by atoms with Crippen LogP contribution in [-0.2, 0) is 19.2 Å². The van der Waals surface area contributed by atoms with Gasteiger partial charge in [0.05, 0.1) is 11.3 Å². The lowest BCUT2D eigenvalue weighted by atomic mass is 9.86. The molecule has 33 heavy (non-hydrogen) atoms. The van der Waals surface area contributed by atoms with Crippen molar-refractivity contribution >= 4 is 23.5 Å². The average Bonchev–Trinajstić information content (AvgIpc) is 3.28. The zero-order valence-corrected chi connectivity index (χ0v) is 20.6. The number of carbonyl (C=O) groups is 4.